The molecule has 2 heterocycles. The maximum Gasteiger partial charge on any atom is 0.366 e. The van der Waals surface area contributed by atoms with E-state index in [-0.39, 0.29) is 11.3 Å². The monoisotopic (exact) mass is 351 g/mol. The van der Waals surface area contributed by atoms with Gasteiger partial charge in [-0.05, 0) is 24.6 Å². The van der Waals surface area contributed by atoms with Crippen molar-refractivity contribution in [1.82, 2.24) is 15.0 Å². The zero-order valence-electron chi connectivity index (χ0n) is 13.6. The number of nitro benzene ring substituents is 1. The normalized spacial score (nSPS) is 10.2. The predicted octanol–water partition coefficient (Wildman–Crippen LogP) is 2.94. The van der Waals surface area contributed by atoms with Crippen molar-refractivity contribution in [1.29, 1.82) is 0 Å². The number of rotatable bonds is 5. The molecule has 1 aromatic carbocycles. The number of aromatic nitrogens is 3. The molecule has 0 aliphatic heterocycles. The predicted molar refractivity (Wildman–Crippen MR) is 92.1 cm³/mol. The third kappa shape index (κ3) is 3.61. The van der Waals surface area contributed by atoms with Gasteiger partial charge in [0, 0.05) is 36.3 Å². The molecule has 0 aliphatic carbocycles. The molecule has 0 unspecified atom stereocenters. The molecule has 3 rings (SSSR count). The summed E-state index contributed by atoms with van der Waals surface area (Å²) in [6, 6.07) is 7.68. The minimum absolute atomic E-state index is 0.117. The van der Waals surface area contributed by atoms with Gasteiger partial charge in [0.2, 0.25) is 0 Å². The summed E-state index contributed by atoms with van der Waals surface area (Å²) < 4.78 is 0. The van der Waals surface area contributed by atoms with Crippen molar-refractivity contribution in [2.24, 2.45) is 0 Å². The molecule has 0 radical (unpaired) electrons. The van der Waals surface area contributed by atoms with Crippen LogP contribution in [0.1, 0.15) is 15.9 Å². The Morgan fingerprint density at radius 3 is 2.81 bits per heavy atom. The Morgan fingerprint density at radius 2 is 2.08 bits per heavy atom. The lowest BCUT2D eigenvalue weighted by Crippen LogP contribution is -2.13. The summed E-state index contributed by atoms with van der Waals surface area (Å²) in [5, 5.41) is 10.9. The van der Waals surface area contributed by atoms with Gasteiger partial charge in [0.15, 0.2) is 0 Å². The van der Waals surface area contributed by atoms with E-state index in [1.54, 1.807) is 37.5 Å². The molecule has 130 valence electrons. The van der Waals surface area contributed by atoms with E-state index in [0.29, 0.717) is 22.5 Å². The van der Waals surface area contributed by atoms with Gasteiger partial charge in [-0.3, -0.25) is 15.1 Å². The first kappa shape index (κ1) is 17.0. The molecule has 0 spiro atoms. The van der Waals surface area contributed by atoms with Crippen LogP contribution in [-0.2, 0) is 4.84 Å². The van der Waals surface area contributed by atoms with Crippen molar-refractivity contribution >= 4 is 17.3 Å². The number of nitrogens with one attached hydrogen (secondary N) is 1. The van der Waals surface area contributed by atoms with Gasteiger partial charge in [-0.1, -0.05) is 6.07 Å². The van der Waals surface area contributed by atoms with Gasteiger partial charge in [-0.2, -0.15) is 0 Å². The number of carbonyl (C=O) groups is 1. The lowest BCUT2D eigenvalue weighted by Gasteiger charge is -2.10. The van der Waals surface area contributed by atoms with Gasteiger partial charge < -0.3 is 4.84 Å². The summed E-state index contributed by atoms with van der Waals surface area (Å²) >= 11 is 0. The molecule has 0 saturated carbocycles. The van der Waals surface area contributed by atoms with Crippen LogP contribution in [0.2, 0.25) is 0 Å². The fraction of sp³-hybridized carbons (Fsp3) is 0.0588. The second-order valence-corrected chi connectivity index (χ2v) is 5.27. The van der Waals surface area contributed by atoms with E-state index >= 15 is 0 Å². The summed E-state index contributed by atoms with van der Waals surface area (Å²) in [5.74, 6) is -0.727. The molecule has 0 atom stereocenters. The number of benzene rings is 1. The minimum Gasteiger partial charge on any atom is -0.338 e. The molecule has 0 bridgehead atoms. The summed E-state index contributed by atoms with van der Waals surface area (Å²) in [4.78, 5) is 39.8. The van der Waals surface area contributed by atoms with E-state index in [9.17, 15) is 14.9 Å². The van der Waals surface area contributed by atoms with Crippen molar-refractivity contribution in [3.8, 4) is 11.3 Å². The van der Waals surface area contributed by atoms with Crippen LogP contribution < -0.4 is 5.48 Å². The summed E-state index contributed by atoms with van der Waals surface area (Å²) in [6.45, 7) is 1.73. The molecule has 9 heteroatoms. The number of pyridine rings is 1. The fourth-order valence-corrected chi connectivity index (χ4v) is 2.20. The van der Waals surface area contributed by atoms with Crippen LogP contribution >= 0.6 is 0 Å². The molecule has 26 heavy (non-hydrogen) atoms. The first-order chi connectivity index (χ1) is 12.6. The van der Waals surface area contributed by atoms with Crippen molar-refractivity contribution in [2.75, 3.05) is 5.48 Å². The van der Waals surface area contributed by atoms with E-state index in [0.717, 1.165) is 0 Å². The van der Waals surface area contributed by atoms with E-state index < -0.39 is 10.9 Å². The average molecular weight is 351 g/mol. The lowest BCUT2D eigenvalue weighted by atomic mass is 10.1. The van der Waals surface area contributed by atoms with E-state index in [1.807, 2.05) is 0 Å². The van der Waals surface area contributed by atoms with Crippen LogP contribution in [0.4, 0.5) is 11.4 Å². The lowest BCUT2D eigenvalue weighted by molar-refractivity contribution is -0.384. The minimum atomic E-state index is -0.727. The number of non-ortho nitro benzene ring substituents is 1. The van der Waals surface area contributed by atoms with Crippen LogP contribution in [-0.4, -0.2) is 25.8 Å². The van der Waals surface area contributed by atoms with Crippen LogP contribution in [0.3, 0.4) is 0 Å². The number of hydrogen-bond acceptors (Lipinski definition) is 8. The van der Waals surface area contributed by atoms with Crippen molar-refractivity contribution in [3.63, 3.8) is 0 Å². The van der Waals surface area contributed by atoms with Crippen molar-refractivity contribution in [2.45, 2.75) is 6.92 Å². The molecule has 3 aromatic rings. The van der Waals surface area contributed by atoms with E-state index in [4.69, 9.17) is 4.84 Å². The van der Waals surface area contributed by atoms with Gasteiger partial charge in [0.05, 0.1) is 16.3 Å². The van der Waals surface area contributed by atoms with Crippen molar-refractivity contribution in [3.05, 3.63) is 76.5 Å². The zero-order chi connectivity index (χ0) is 18.5. The maximum atomic E-state index is 12.4. The number of nitrogens with zero attached hydrogens (tertiary/aromatic N) is 4. The van der Waals surface area contributed by atoms with Gasteiger partial charge in [0.1, 0.15) is 11.9 Å². The molecule has 9 nitrogen and oxygen atoms in total. The summed E-state index contributed by atoms with van der Waals surface area (Å²) in [5.41, 5.74) is 4.47. The highest BCUT2D eigenvalue weighted by Crippen LogP contribution is 2.23. The fourth-order valence-electron chi connectivity index (χ4n) is 2.20. The van der Waals surface area contributed by atoms with E-state index in [1.165, 1.54) is 24.7 Å². The topological polar surface area (TPSA) is 120 Å². The Hall–Kier alpha value is -3.88. The molecular weight excluding hydrogens is 338 g/mol. The van der Waals surface area contributed by atoms with Crippen LogP contribution in [0.15, 0.2) is 55.2 Å². The SMILES string of the molecule is Cc1ccc([N+](=O)[O-])cc1NOC(=O)c1cncnc1-c1cccnc1. The highest BCUT2D eigenvalue weighted by atomic mass is 16.7. The van der Waals surface area contributed by atoms with Crippen LogP contribution in [0.25, 0.3) is 11.3 Å². The largest absolute Gasteiger partial charge is 0.366 e. The standard InChI is InChI=1S/C17H13N5O4/c1-11-4-5-13(22(24)25)7-15(11)21-26-17(23)14-9-19-10-20-16(14)12-3-2-6-18-8-12/h2-10,21H,1H3. The molecule has 2 aromatic heterocycles. The smallest absolute Gasteiger partial charge is 0.338 e. The number of hydrogen-bond donors (Lipinski definition) is 1. The second kappa shape index (κ2) is 7.34. The number of nitro groups is 1. The first-order valence-corrected chi connectivity index (χ1v) is 7.49. The Morgan fingerprint density at radius 1 is 1.23 bits per heavy atom. The Bertz CT molecular complexity index is 962. The van der Waals surface area contributed by atoms with Gasteiger partial charge >= 0.3 is 5.97 Å². The zero-order valence-corrected chi connectivity index (χ0v) is 13.6. The van der Waals surface area contributed by atoms with Crippen LogP contribution in [0.5, 0.6) is 0 Å². The third-order valence-corrected chi connectivity index (χ3v) is 3.55. The van der Waals surface area contributed by atoms with Crippen LogP contribution in [0, 0.1) is 17.0 Å². The first-order valence-electron chi connectivity index (χ1n) is 7.49. The molecule has 0 amide bonds. The number of carbonyl (C=O) groups excluding carboxylic acids is 1. The molecular formula is C17H13N5O4. The highest BCUT2D eigenvalue weighted by Gasteiger charge is 2.17. The Kier molecular flexibility index (Phi) is 4.79. The number of anilines is 1. The van der Waals surface area contributed by atoms with Crippen molar-refractivity contribution < 1.29 is 14.6 Å². The third-order valence-electron chi connectivity index (χ3n) is 3.55. The number of aryl methyl sites for hydroxylation is 1. The molecule has 1 N–H and O–H groups in total. The summed E-state index contributed by atoms with van der Waals surface area (Å²) in [7, 11) is 0. The summed E-state index contributed by atoms with van der Waals surface area (Å²) in [6.07, 6.45) is 5.82. The quantitative estimate of drug-likeness (QED) is 0.550. The molecule has 0 aliphatic rings. The van der Waals surface area contributed by atoms with E-state index in [2.05, 4.69) is 20.4 Å². The second-order valence-electron chi connectivity index (χ2n) is 5.27. The maximum absolute atomic E-state index is 12.4. The van der Waals surface area contributed by atoms with Gasteiger partial charge in [0.25, 0.3) is 5.69 Å². The van der Waals surface area contributed by atoms with Gasteiger partial charge in [-0.15, -0.1) is 0 Å². The Labute approximate surface area is 147 Å². The Balaban J connectivity index is 1.82. The van der Waals surface area contributed by atoms with Gasteiger partial charge in [-0.25, -0.2) is 20.2 Å². The highest BCUT2D eigenvalue weighted by molar-refractivity contribution is 5.96. The molecule has 0 saturated heterocycles. The average Bonchev–Trinajstić information content (AvgIpc) is 2.67. The molecule has 0 fully saturated rings.